The van der Waals surface area contributed by atoms with Gasteiger partial charge in [0.1, 0.15) is 0 Å². The minimum atomic E-state index is -3.51. The van der Waals surface area contributed by atoms with Crippen LogP contribution in [0.25, 0.3) is 0 Å². The molecule has 7 heteroatoms. The molecule has 2 fully saturated rings. The maximum absolute atomic E-state index is 12.9. The van der Waals surface area contributed by atoms with Crippen LogP contribution in [-0.2, 0) is 10.0 Å². The summed E-state index contributed by atoms with van der Waals surface area (Å²) >= 11 is 0. The van der Waals surface area contributed by atoms with E-state index in [1.807, 2.05) is 6.07 Å². The van der Waals surface area contributed by atoms with Gasteiger partial charge in [-0.05, 0) is 56.0 Å². The Balaban J connectivity index is 0.00000176. The van der Waals surface area contributed by atoms with Gasteiger partial charge in [0.2, 0.25) is 10.0 Å². The summed E-state index contributed by atoms with van der Waals surface area (Å²) in [5.74, 6) is 1.01. The summed E-state index contributed by atoms with van der Waals surface area (Å²) in [7, 11) is -3.51. The summed E-state index contributed by atoms with van der Waals surface area (Å²) in [5, 5.41) is 12.3. The highest BCUT2D eigenvalue weighted by Gasteiger charge is 2.38. The van der Waals surface area contributed by atoms with E-state index in [0.29, 0.717) is 36.1 Å². The smallest absolute Gasteiger partial charge is 0.243 e. The van der Waals surface area contributed by atoms with Gasteiger partial charge in [-0.2, -0.15) is 9.57 Å². The van der Waals surface area contributed by atoms with Gasteiger partial charge in [0, 0.05) is 13.1 Å². The molecule has 0 radical (unpaired) electrons. The van der Waals surface area contributed by atoms with Crippen molar-refractivity contribution < 1.29 is 8.42 Å². The van der Waals surface area contributed by atoms with Crippen LogP contribution in [0.3, 0.4) is 0 Å². The number of fused-ring (bicyclic) bond motifs is 1. The number of nitrogens with one attached hydrogen (secondary N) is 1. The summed E-state index contributed by atoms with van der Waals surface area (Å²) < 4.78 is 27.3. The number of nitrogens with zero attached hydrogens (tertiary/aromatic N) is 2. The first-order valence-electron chi connectivity index (χ1n) is 7.24. The Hall–Kier alpha value is -1.13. The normalized spacial score (nSPS) is 25.1. The summed E-state index contributed by atoms with van der Waals surface area (Å²) in [4.78, 5) is 0.269. The second kappa shape index (κ2) is 6.55. The maximum Gasteiger partial charge on any atom is 0.243 e. The first-order chi connectivity index (χ1) is 10.0. The Kier molecular flexibility index (Phi) is 5.13. The molecule has 0 spiro atoms. The molecule has 3 rings (SSSR count). The van der Waals surface area contributed by atoms with Crippen molar-refractivity contribution in [2.24, 2.45) is 11.8 Å². The molecule has 2 heterocycles. The summed E-state index contributed by atoms with van der Waals surface area (Å²) in [6.07, 6.45) is 0.911. The van der Waals surface area contributed by atoms with Crippen molar-refractivity contribution in [3.05, 3.63) is 29.3 Å². The number of hydrogen-bond acceptors (Lipinski definition) is 4. The van der Waals surface area contributed by atoms with Crippen molar-refractivity contribution in [1.29, 1.82) is 5.26 Å². The molecule has 0 amide bonds. The Morgan fingerprint density at radius 2 is 2.05 bits per heavy atom. The average Bonchev–Trinajstić information content (AvgIpc) is 2.95. The fourth-order valence-corrected chi connectivity index (χ4v) is 5.07. The number of aryl methyl sites for hydroxylation is 1. The standard InChI is InChI=1S/C15H19N3O2S.ClH/c1-11-2-3-12(7-16)6-15(11)21(19,20)18-5-4-13-8-17-9-14(13)10-18;/h2-3,6,13-14,17H,4-5,8-10H2,1H3;1H. The van der Waals surface area contributed by atoms with Gasteiger partial charge in [0.15, 0.2) is 0 Å². The number of nitriles is 1. The molecule has 2 aliphatic heterocycles. The number of sulfonamides is 1. The maximum atomic E-state index is 12.9. The number of halogens is 1. The number of piperidine rings is 1. The van der Waals surface area contributed by atoms with Crippen molar-refractivity contribution in [1.82, 2.24) is 9.62 Å². The zero-order valence-electron chi connectivity index (χ0n) is 12.4. The van der Waals surface area contributed by atoms with E-state index < -0.39 is 10.0 Å². The minimum Gasteiger partial charge on any atom is -0.316 e. The molecule has 1 N–H and O–H groups in total. The van der Waals surface area contributed by atoms with Gasteiger partial charge in [-0.3, -0.25) is 0 Å². The molecule has 5 nitrogen and oxygen atoms in total. The molecular weight excluding hydrogens is 322 g/mol. The zero-order chi connectivity index (χ0) is 15.0. The Morgan fingerprint density at radius 1 is 1.32 bits per heavy atom. The van der Waals surface area contributed by atoms with Gasteiger partial charge < -0.3 is 5.32 Å². The molecule has 2 aliphatic rings. The molecule has 22 heavy (non-hydrogen) atoms. The van der Waals surface area contributed by atoms with Crippen LogP contribution in [0.4, 0.5) is 0 Å². The fourth-order valence-electron chi connectivity index (χ4n) is 3.31. The van der Waals surface area contributed by atoms with Crippen molar-refractivity contribution >= 4 is 22.4 Å². The van der Waals surface area contributed by atoms with Gasteiger partial charge in [0.05, 0.1) is 16.5 Å². The zero-order valence-corrected chi connectivity index (χ0v) is 14.1. The van der Waals surface area contributed by atoms with Crippen molar-refractivity contribution in [2.45, 2.75) is 18.2 Å². The minimum absolute atomic E-state index is 0. The second-order valence-corrected chi connectivity index (χ2v) is 7.83. The van der Waals surface area contributed by atoms with E-state index in [-0.39, 0.29) is 17.3 Å². The molecule has 0 aromatic heterocycles. The third-order valence-corrected chi connectivity index (χ3v) is 6.61. The van der Waals surface area contributed by atoms with Gasteiger partial charge in [-0.1, -0.05) is 6.07 Å². The van der Waals surface area contributed by atoms with Crippen LogP contribution in [0, 0.1) is 30.1 Å². The lowest BCUT2D eigenvalue weighted by Gasteiger charge is -2.33. The van der Waals surface area contributed by atoms with E-state index in [9.17, 15) is 8.42 Å². The molecule has 2 atom stereocenters. The van der Waals surface area contributed by atoms with Crippen molar-refractivity contribution in [3.8, 4) is 6.07 Å². The number of benzene rings is 1. The average molecular weight is 342 g/mol. The van der Waals surface area contributed by atoms with Crippen LogP contribution in [0.15, 0.2) is 23.1 Å². The monoisotopic (exact) mass is 341 g/mol. The highest BCUT2D eigenvalue weighted by Crippen LogP contribution is 2.31. The van der Waals surface area contributed by atoms with Crippen LogP contribution in [0.1, 0.15) is 17.5 Å². The van der Waals surface area contributed by atoms with Crippen molar-refractivity contribution in [3.63, 3.8) is 0 Å². The van der Waals surface area contributed by atoms with E-state index >= 15 is 0 Å². The van der Waals surface area contributed by atoms with E-state index in [2.05, 4.69) is 5.32 Å². The molecule has 120 valence electrons. The Bertz CT molecular complexity index is 699. The fraction of sp³-hybridized carbons (Fsp3) is 0.533. The summed E-state index contributed by atoms with van der Waals surface area (Å²) in [6, 6.07) is 6.86. The lowest BCUT2D eigenvalue weighted by molar-refractivity contribution is 0.228. The molecule has 0 aliphatic carbocycles. The summed E-state index contributed by atoms with van der Waals surface area (Å²) in [6.45, 7) is 4.82. The topological polar surface area (TPSA) is 73.2 Å². The third kappa shape index (κ3) is 2.99. The van der Waals surface area contributed by atoms with Crippen LogP contribution in [0.5, 0.6) is 0 Å². The van der Waals surface area contributed by atoms with Crippen LogP contribution in [-0.4, -0.2) is 38.9 Å². The highest BCUT2D eigenvalue weighted by atomic mass is 35.5. The molecule has 1 aromatic rings. The molecule has 0 saturated carbocycles. The predicted molar refractivity (Wildman–Crippen MR) is 86.4 cm³/mol. The SMILES string of the molecule is Cc1ccc(C#N)cc1S(=O)(=O)N1CCC2CNCC2C1.Cl. The Morgan fingerprint density at radius 3 is 2.77 bits per heavy atom. The largest absolute Gasteiger partial charge is 0.316 e. The van der Waals surface area contributed by atoms with Crippen molar-refractivity contribution in [2.75, 3.05) is 26.2 Å². The lowest BCUT2D eigenvalue weighted by Crippen LogP contribution is -2.43. The number of hydrogen-bond donors (Lipinski definition) is 1. The van der Waals surface area contributed by atoms with Gasteiger partial charge in [-0.25, -0.2) is 8.42 Å². The Labute approximate surface area is 137 Å². The molecule has 2 unspecified atom stereocenters. The van der Waals surface area contributed by atoms with E-state index in [1.165, 1.54) is 6.07 Å². The van der Waals surface area contributed by atoms with Crippen LogP contribution >= 0.6 is 12.4 Å². The number of rotatable bonds is 2. The highest BCUT2D eigenvalue weighted by molar-refractivity contribution is 7.89. The molecule has 2 saturated heterocycles. The van der Waals surface area contributed by atoms with Crippen LogP contribution in [0.2, 0.25) is 0 Å². The van der Waals surface area contributed by atoms with E-state index in [0.717, 1.165) is 19.5 Å². The van der Waals surface area contributed by atoms with Gasteiger partial charge in [0.25, 0.3) is 0 Å². The molecule has 0 bridgehead atoms. The summed E-state index contributed by atoms with van der Waals surface area (Å²) in [5.41, 5.74) is 1.08. The molecule has 1 aromatic carbocycles. The lowest BCUT2D eigenvalue weighted by atomic mass is 9.90. The third-order valence-electron chi connectivity index (χ3n) is 4.60. The van der Waals surface area contributed by atoms with E-state index in [1.54, 1.807) is 23.4 Å². The second-order valence-electron chi connectivity index (χ2n) is 5.92. The first kappa shape index (κ1) is 17.2. The first-order valence-corrected chi connectivity index (χ1v) is 8.68. The quantitative estimate of drug-likeness (QED) is 0.885. The van der Waals surface area contributed by atoms with Gasteiger partial charge in [-0.15, -0.1) is 12.4 Å². The molecular formula is C15H20ClN3O2S. The van der Waals surface area contributed by atoms with Gasteiger partial charge >= 0.3 is 0 Å². The van der Waals surface area contributed by atoms with E-state index in [4.69, 9.17) is 5.26 Å². The van der Waals surface area contributed by atoms with Crippen LogP contribution < -0.4 is 5.32 Å². The predicted octanol–water partition coefficient (Wildman–Crippen LogP) is 1.52.